The number of likely N-dealkylation sites (N-methyl/N-ethyl adjacent to an activating group) is 1. The van der Waals surface area contributed by atoms with Crippen LogP contribution in [0, 0.1) is 0 Å². The van der Waals surface area contributed by atoms with Crippen molar-refractivity contribution in [3.63, 3.8) is 0 Å². The Morgan fingerprint density at radius 3 is 2.54 bits per heavy atom. The molecule has 0 fully saturated rings. The first-order valence-electron chi connectivity index (χ1n) is 8.49. The molecule has 2 aromatic carbocycles. The van der Waals surface area contributed by atoms with Crippen LogP contribution in [0.5, 0.6) is 5.75 Å². The predicted molar refractivity (Wildman–Crippen MR) is 113 cm³/mol. The monoisotopic (exact) mass is 404 g/mol. The van der Waals surface area contributed by atoms with Gasteiger partial charge in [0.15, 0.2) is 0 Å². The number of nitrogens with one attached hydrogen (secondary N) is 1. The number of rotatable bonds is 7. The van der Waals surface area contributed by atoms with E-state index in [1.807, 2.05) is 31.1 Å². The number of amidine groups is 1. The van der Waals surface area contributed by atoms with Crippen molar-refractivity contribution in [2.75, 3.05) is 33.5 Å². The molecule has 7 N–H and O–H groups in total. The number of para-hydroxylation sites is 1. The molecule has 8 nitrogen and oxygen atoms in total. The molecule has 1 atom stereocenters. The Kier molecular flexibility index (Phi) is 7.22. The molecule has 9 heteroatoms. The van der Waals surface area contributed by atoms with E-state index in [1.165, 1.54) is 0 Å². The van der Waals surface area contributed by atoms with Gasteiger partial charge in [-0.3, -0.25) is 9.79 Å². The first-order valence-corrected chi connectivity index (χ1v) is 8.87. The normalized spacial score (nSPS) is 12.7. The highest BCUT2D eigenvalue weighted by Gasteiger charge is 2.18. The Morgan fingerprint density at radius 2 is 1.96 bits per heavy atom. The zero-order valence-electron chi connectivity index (χ0n) is 16.1. The number of methoxy groups -OCH3 is 1. The Balaban J connectivity index is 2.55. The lowest BCUT2D eigenvalue weighted by Gasteiger charge is -2.21. The molecular formula is C19H25ClN6O2. The molecular weight excluding hydrogens is 380 g/mol. The minimum Gasteiger partial charge on any atom is -0.495 e. The highest BCUT2D eigenvalue weighted by Crippen LogP contribution is 2.30. The van der Waals surface area contributed by atoms with Gasteiger partial charge in [-0.15, -0.1) is 0 Å². The summed E-state index contributed by atoms with van der Waals surface area (Å²) in [6.45, 7) is 0.589. The van der Waals surface area contributed by atoms with Crippen molar-refractivity contribution in [2.45, 2.75) is 6.04 Å². The number of benzene rings is 2. The zero-order valence-corrected chi connectivity index (χ0v) is 16.8. The summed E-state index contributed by atoms with van der Waals surface area (Å²) >= 11 is 6.14. The summed E-state index contributed by atoms with van der Waals surface area (Å²) in [4.78, 5) is 18.3. The number of nitrogens with two attached hydrogens (primary N) is 3. The molecule has 0 spiro atoms. The standard InChI is InChI=1S/C19H25ClN6O2/c1-26(2)10-15(11-7-8-14(20)16(9-11)28-3)24-19(25-23)13-6-4-5-12(17(13)21)18(22)27/h4-9,15H,10,21,23H2,1-3H3,(H2,22,27)(H,24,25). The van der Waals surface area contributed by atoms with Crippen molar-refractivity contribution in [3.8, 4) is 5.75 Å². The summed E-state index contributed by atoms with van der Waals surface area (Å²) in [5.74, 6) is 5.99. The Morgan fingerprint density at radius 1 is 1.29 bits per heavy atom. The van der Waals surface area contributed by atoms with Crippen LogP contribution in [0.3, 0.4) is 0 Å². The lowest BCUT2D eigenvalue weighted by Crippen LogP contribution is -2.33. The molecule has 0 bridgehead atoms. The first-order chi connectivity index (χ1) is 13.3. The van der Waals surface area contributed by atoms with Gasteiger partial charge in [0.25, 0.3) is 5.91 Å². The van der Waals surface area contributed by atoms with Gasteiger partial charge < -0.3 is 26.5 Å². The quantitative estimate of drug-likeness (QED) is 0.182. The largest absolute Gasteiger partial charge is 0.495 e. The molecule has 0 saturated heterocycles. The number of hydrogen-bond acceptors (Lipinski definition) is 6. The van der Waals surface area contributed by atoms with E-state index < -0.39 is 5.91 Å². The zero-order chi connectivity index (χ0) is 20.8. The third-order valence-corrected chi connectivity index (χ3v) is 4.46. The Hall–Kier alpha value is -2.81. The maximum atomic E-state index is 11.6. The van der Waals surface area contributed by atoms with Crippen LogP contribution in [0.25, 0.3) is 0 Å². The highest BCUT2D eigenvalue weighted by atomic mass is 35.5. The first kappa shape index (κ1) is 21.5. The van der Waals surface area contributed by atoms with Gasteiger partial charge in [-0.1, -0.05) is 23.7 Å². The van der Waals surface area contributed by atoms with E-state index >= 15 is 0 Å². The molecule has 1 unspecified atom stereocenters. The van der Waals surface area contributed by atoms with Gasteiger partial charge in [0.05, 0.1) is 29.4 Å². The number of amides is 1. The van der Waals surface area contributed by atoms with E-state index in [0.717, 1.165) is 5.56 Å². The lowest BCUT2D eigenvalue weighted by molar-refractivity contribution is 0.100. The van der Waals surface area contributed by atoms with Gasteiger partial charge in [0.1, 0.15) is 11.6 Å². The van der Waals surface area contributed by atoms with E-state index in [4.69, 9.17) is 38.6 Å². The molecule has 28 heavy (non-hydrogen) atoms. The molecule has 0 saturated carbocycles. The number of hydrazine groups is 1. The number of ether oxygens (including phenoxy) is 1. The lowest BCUT2D eigenvalue weighted by atomic mass is 10.0. The molecule has 0 radical (unpaired) electrons. The fourth-order valence-corrected chi connectivity index (χ4v) is 2.97. The Bertz CT molecular complexity index is 885. The summed E-state index contributed by atoms with van der Waals surface area (Å²) in [7, 11) is 5.43. The second-order valence-electron chi connectivity index (χ2n) is 6.43. The molecule has 1 amide bonds. The molecule has 2 rings (SSSR count). The summed E-state index contributed by atoms with van der Waals surface area (Å²) in [6, 6.07) is 10.1. The van der Waals surface area contributed by atoms with Crippen LogP contribution in [0.4, 0.5) is 5.69 Å². The Labute approximate surface area is 169 Å². The van der Waals surface area contributed by atoms with E-state index in [0.29, 0.717) is 28.7 Å². The average Bonchev–Trinajstić information content (AvgIpc) is 2.65. The van der Waals surface area contributed by atoms with Crippen molar-refractivity contribution >= 4 is 29.0 Å². The van der Waals surface area contributed by atoms with Crippen LogP contribution in [0.2, 0.25) is 5.02 Å². The molecule has 0 heterocycles. The summed E-state index contributed by atoms with van der Waals surface area (Å²) < 4.78 is 5.31. The van der Waals surface area contributed by atoms with E-state index in [-0.39, 0.29) is 17.3 Å². The fourth-order valence-electron chi connectivity index (χ4n) is 2.78. The van der Waals surface area contributed by atoms with Crippen molar-refractivity contribution in [3.05, 3.63) is 58.1 Å². The minimum absolute atomic E-state index is 0.206. The van der Waals surface area contributed by atoms with Crippen molar-refractivity contribution in [2.24, 2.45) is 16.6 Å². The number of hydrogen-bond donors (Lipinski definition) is 4. The average molecular weight is 405 g/mol. The third kappa shape index (κ3) is 4.92. The van der Waals surface area contributed by atoms with E-state index in [1.54, 1.807) is 31.4 Å². The smallest absolute Gasteiger partial charge is 0.250 e. The number of anilines is 1. The number of halogens is 1. The van der Waals surface area contributed by atoms with Crippen LogP contribution in [0.1, 0.15) is 27.5 Å². The van der Waals surface area contributed by atoms with Gasteiger partial charge in [-0.25, -0.2) is 5.84 Å². The van der Waals surface area contributed by atoms with Crippen LogP contribution < -0.4 is 27.5 Å². The number of carbonyl (C=O) groups is 1. The third-order valence-electron chi connectivity index (χ3n) is 4.15. The molecule has 2 aromatic rings. The molecule has 0 aliphatic carbocycles. The van der Waals surface area contributed by atoms with Crippen LogP contribution in [0.15, 0.2) is 41.4 Å². The van der Waals surface area contributed by atoms with Gasteiger partial charge in [0.2, 0.25) is 0 Å². The maximum Gasteiger partial charge on any atom is 0.250 e. The van der Waals surface area contributed by atoms with Gasteiger partial charge in [-0.2, -0.15) is 0 Å². The van der Waals surface area contributed by atoms with Crippen LogP contribution >= 0.6 is 11.6 Å². The van der Waals surface area contributed by atoms with Gasteiger partial charge in [0, 0.05) is 12.1 Å². The van der Waals surface area contributed by atoms with Crippen molar-refractivity contribution < 1.29 is 9.53 Å². The number of nitrogens with zero attached hydrogens (tertiary/aromatic N) is 2. The summed E-state index contributed by atoms with van der Waals surface area (Å²) in [5.41, 5.74) is 15.9. The SMILES string of the molecule is COc1cc(C(CN(C)C)N=C(NN)c2cccc(C(N)=O)c2N)ccc1Cl. The van der Waals surface area contributed by atoms with Gasteiger partial charge >= 0.3 is 0 Å². The van der Waals surface area contributed by atoms with Crippen LogP contribution in [-0.4, -0.2) is 44.4 Å². The number of nitrogen functional groups attached to an aromatic ring is 1. The molecule has 0 aliphatic rings. The van der Waals surface area contributed by atoms with Gasteiger partial charge in [-0.05, 0) is 43.9 Å². The summed E-state index contributed by atoms with van der Waals surface area (Å²) in [5, 5.41) is 0.509. The van der Waals surface area contributed by atoms with Crippen LogP contribution in [-0.2, 0) is 0 Å². The predicted octanol–water partition coefficient (Wildman–Crippen LogP) is 1.54. The number of carbonyl (C=O) groups excluding carboxylic acids is 1. The maximum absolute atomic E-state index is 11.6. The fraction of sp³-hybridized carbons (Fsp3) is 0.263. The molecule has 0 aliphatic heterocycles. The summed E-state index contributed by atoms with van der Waals surface area (Å²) in [6.07, 6.45) is 0. The van der Waals surface area contributed by atoms with Crippen molar-refractivity contribution in [1.82, 2.24) is 10.3 Å². The second kappa shape index (κ2) is 9.41. The molecule has 0 aromatic heterocycles. The number of primary amides is 1. The van der Waals surface area contributed by atoms with Crippen molar-refractivity contribution in [1.29, 1.82) is 0 Å². The minimum atomic E-state index is -0.622. The topological polar surface area (TPSA) is 132 Å². The highest BCUT2D eigenvalue weighted by molar-refractivity contribution is 6.32. The molecule has 150 valence electrons. The van der Waals surface area contributed by atoms with E-state index in [9.17, 15) is 4.79 Å². The van der Waals surface area contributed by atoms with E-state index in [2.05, 4.69) is 5.43 Å². The number of aliphatic imine (C=N–C) groups is 1. The second-order valence-corrected chi connectivity index (χ2v) is 6.83.